The normalized spacial score (nSPS) is 18.8. The number of nitrogens with zero attached hydrogens (tertiary/aromatic N) is 1. The number of methoxy groups -OCH3 is 1. The van der Waals surface area contributed by atoms with Crippen molar-refractivity contribution < 1.29 is 14.3 Å². The van der Waals surface area contributed by atoms with E-state index in [1.807, 2.05) is 19.1 Å². The predicted octanol–water partition coefficient (Wildman–Crippen LogP) is 2.06. The minimum Gasteiger partial charge on any atom is -0.465 e. The van der Waals surface area contributed by atoms with Crippen molar-refractivity contribution in [1.82, 2.24) is 0 Å². The standard InChI is InChI=1S/C14H17NO3S/c1-9-3-4-11(6-12(9)14(17)18-2)15-7-10(8-19)5-13(15)16/h3-4,6,10,19H,5,7-8H2,1-2H3. The lowest BCUT2D eigenvalue weighted by Crippen LogP contribution is -2.25. The molecule has 1 saturated heterocycles. The Morgan fingerprint density at radius 3 is 2.84 bits per heavy atom. The van der Waals surface area contributed by atoms with Crippen LogP contribution in [0.1, 0.15) is 22.3 Å². The van der Waals surface area contributed by atoms with E-state index in [0.717, 1.165) is 11.3 Å². The molecule has 0 saturated carbocycles. The summed E-state index contributed by atoms with van der Waals surface area (Å²) in [5, 5.41) is 0. The van der Waals surface area contributed by atoms with Gasteiger partial charge in [0.25, 0.3) is 0 Å². The molecule has 1 aliphatic rings. The number of carbonyl (C=O) groups excluding carboxylic acids is 2. The Balaban J connectivity index is 2.31. The van der Waals surface area contributed by atoms with Crippen LogP contribution in [0.15, 0.2) is 18.2 Å². The molecule has 0 aromatic heterocycles. The Morgan fingerprint density at radius 1 is 1.53 bits per heavy atom. The maximum Gasteiger partial charge on any atom is 0.338 e. The third-order valence-corrected chi connectivity index (χ3v) is 3.92. The van der Waals surface area contributed by atoms with E-state index in [1.54, 1.807) is 11.0 Å². The van der Waals surface area contributed by atoms with Gasteiger partial charge in [-0.25, -0.2) is 4.79 Å². The van der Waals surface area contributed by atoms with Gasteiger partial charge in [0, 0.05) is 18.7 Å². The van der Waals surface area contributed by atoms with Crippen molar-refractivity contribution >= 4 is 30.2 Å². The molecule has 0 N–H and O–H groups in total. The van der Waals surface area contributed by atoms with Crippen LogP contribution in [0.4, 0.5) is 5.69 Å². The number of benzene rings is 1. The zero-order chi connectivity index (χ0) is 14.0. The summed E-state index contributed by atoms with van der Waals surface area (Å²) in [5.74, 6) is 0.673. The first kappa shape index (κ1) is 13.9. The van der Waals surface area contributed by atoms with Crippen molar-refractivity contribution in [3.05, 3.63) is 29.3 Å². The van der Waals surface area contributed by atoms with Crippen LogP contribution in [0.25, 0.3) is 0 Å². The van der Waals surface area contributed by atoms with Crippen LogP contribution in [0.5, 0.6) is 0 Å². The summed E-state index contributed by atoms with van der Waals surface area (Å²) >= 11 is 4.24. The fourth-order valence-electron chi connectivity index (χ4n) is 2.26. The first-order chi connectivity index (χ1) is 9.06. The lowest BCUT2D eigenvalue weighted by Gasteiger charge is -2.18. The van der Waals surface area contributed by atoms with Crippen molar-refractivity contribution in [3.8, 4) is 0 Å². The van der Waals surface area contributed by atoms with E-state index in [-0.39, 0.29) is 17.8 Å². The molecule has 4 nitrogen and oxygen atoms in total. The summed E-state index contributed by atoms with van der Waals surface area (Å²) in [6, 6.07) is 5.42. The maximum absolute atomic E-state index is 12.0. The van der Waals surface area contributed by atoms with Gasteiger partial charge in [-0.15, -0.1) is 0 Å². The van der Waals surface area contributed by atoms with Gasteiger partial charge in [0.15, 0.2) is 0 Å². The van der Waals surface area contributed by atoms with Crippen LogP contribution < -0.4 is 4.90 Å². The second-order valence-corrected chi connectivity index (χ2v) is 5.11. The zero-order valence-corrected chi connectivity index (χ0v) is 11.9. The number of hydrogen-bond donors (Lipinski definition) is 1. The van der Waals surface area contributed by atoms with E-state index in [1.165, 1.54) is 7.11 Å². The predicted molar refractivity (Wildman–Crippen MR) is 76.8 cm³/mol. The molecule has 1 aliphatic heterocycles. The maximum atomic E-state index is 12.0. The number of rotatable bonds is 3. The molecule has 1 unspecified atom stereocenters. The summed E-state index contributed by atoms with van der Waals surface area (Å²) in [4.78, 5) is 25.3. The molecule has 1 heterocycles. The highest BCUT2D eigenvalue weighted by atomic mass is 32.1. The topological polar surface area (TPSA) is 46.6 Å². The van der Waals surface area contributed by atoms with Gasteiger partial charge in [-0.2, -0.15) is 12.6 Å². The SMILES string of the molecule is COC(=O)c1cc(N2CC(CS)CC2=O)ccc1C. The summed E-state index contributed by atoms with van der Waals surface area (Å²) in [6.45, 7) is 2.50. The Kier molecular flexibility index (Phi) is 4.14. The van der Waals surface area contributed by atoms with Crippen molar-refractivity contribution in [2.45, 2.75) is 13.3 Å². The number of ether oxygens (including phenoxy) is 1. The zero-order valence-electron chi connectivity index (χ0n) is 11.0. The molecule has 1 aromatic carbocycles. The number of anilines is 1. The summed E-state index contributed by atoms with van der Waals surface area (Å²) in [7, 11) is 1.35. The van der Waals surface area contributed by atoms with Crippen LogP contribution in [0.2, 0.25) is 0 Å². The van der Waals surface area contributed by atoms with Gasteiger partial charge in [-0.3, -0.25) is 4.79 Å². The molecule has 5 heteroatoms. The Bertz CT molecular complexity index is 515. The number of amides is 1. The van der Waals surface area contributed by atoms with Gasteiger partial charge in [-0.1, -0.05) is 6.07 Å². The highest BCUT2D eigenvalue weighted by molar-refractivity contribution is 7.80. The van der Waals surface area contributed by atoms with Crippen molar-refractivity contribution in [3.63, 3.8) is 0 Å². The second-order valence-electron chi connectivity index (χ2n) is 4.75. The number of carbonyl (C=O) groups is 2. The average molecular weight is 279 g/mol. The van der Waals surface area contributed by atoms with Crippen LogP contribution in [-0.2, 0) is 9.53 Å². The van der Waals surface area contributed by atoms with Gasteiger partial charge in [-0.05, 0) is 36.3 Å². The minimum atomic E-state index is -0.378. The molecule has 102 valence electrons. The molecule has 0 bridgehead atoms. The van der Waals surface area contributed by atoms with Gasteiger partial charge in [0.1, 0.15) is 0 Å². The molecule has 1 atom stereocenters. The van der Waals surface area contributed by atoms with E-state index in [2.05, 4.69) is 12.6 Å². The monoisotopic (exact) mass is 279 g/mol. The fourth-order valence-corrected chi connectivity index (χ4v) is 2.51. The number of esters is 1. The first-order valence-corrected chi connectivity index (χ1v) is 6.80. The number of thiol groups is 1. The quantitative estimate of drug-likeness (QED) is 0.680. The molecule has 1 aromatic rings. The van der Waals surface area contributed by atoms with E-state index in [4.69, 9.17) is 4.74 Å². The molecule has 0 spiro atoms. The third-order valence-electron chi connectivity index (χ3n) is 3.40. The molecule has 0 aliphatic carbocycles. The average Bonchev–Trinajstić information content (AvgIpc) is 2.80. The summed E-state index contributed by atoms with van der Waals surface area (Å²) < 4.78 is 4.75. The lowest BCUT2D eigenvalue weighted by molar-refractivity contribution is -0.117. The molecule has 19 heavy (non-hydrogen) atoms. The second kappa shape index (κ2) is 5.65. The van der Waals surface area contributed by atoms with Crippen LogP contribution >= 0.6 is 12.6 Å². The highest BCUT2D eigenvalue weighted by Gasteiger charge is 2.30. The smallest absolute Gasteiger partial charge is 0.338 e. The Hall–Kier alpha value is -1.49. The number of aryl methyl sites for hydroxylation is 1. The molecular formula is C14H17NO3S. The van der Waals surface area contributed by atoms with Crippen LogP contribution in [0, 0.1) is 12.8 Å². The highest BCUT2D eigenvalue weighted by Crippen LogP contribution is 2.27. The molecule has 0 radical (unpaired) electrons. The van der Waals surface area contributed by atoms with Gasteiger partial charge < -0.3 is 9.64 Å². The van der Waals surface area contributed by atoms with E-state index in [9.17, 15) is 9.59 Å². The molecule has 1 fully saturated rings. The fraction of sp³-hybridized carbons (Fsp3) is 0.429. The minimum absolute atomic E-state index is 0.0821. The third kappa shape index (κ3) is 2.76. The van der Waals surface area contributed by atoms with Gasteiger partial charge in [0.2, 0.25) is 5.91 Å². The van der Waals surface area contributed by atoms with E-state index < -0.39 is 0 Å². The van der Waals surface area contributed by atoms with Crippen molar-refractivity contribution in [2.75, 3.05) is 24.3 Å². The van der Waals surface area contributed by atoms with E-state index >= 15 is 0 Å². The molecule has 2 rings (SSSR count). The van der Waals surface area contributed by atoms with E-state index in [0.29, 0.717) is 24.3 Å². The van der Waals surface area contributed by atoms with Crippen LogP contribution in [-0.4, -0.2) is 31.3 Å². The van der Waals surface area contributed by atoms with Crippen molar-refractivity contribution in [1.29, 1.82) is 0 Å². The first-order valence-electron chi connectivity index (χ1n) is 6.17. The Morgan fingerprint density at radius 2 is 2.26 bits per heavy atom. The van der Waals surface area contributed by atoms with Crippen molar-refractivity contribution in [2.24, 2.45) is 5.92 Å². The van der Waals surface area contributed by atoms with Gasteiger partial charge in [0.05, 0.1) is 12.7 Å². The van der Waals surface area contributed by atoms with Gasteiger partial charge >= 0.3 is 5.97 Å². The lowest BCUT2D eigenvalue weighted by atomic mass is 10.1. The summed E-state index contributed by atoms with van der Waals surface area (Å²) in [6.07, 6.45) is 0.519. The largest absolute Gasteiger partial charge is 0.465 e. The summed E-state index contributed by atoms with van der Waals surface area (Å²) in [5.41, 5.74) is 2.09. The number of hydrogen-bond acceptors (Lipinski definition) is 4. The Labute approximate surface area is 118 Å². The van der Waals surface area contributed by atoms with Crippen LogP contribution in [0.3, 0.4) is 0 Å². The molecule has 1 amide bonds. The molecular weight excluding hydrogens is 262 g/mol.